The second kappa shape index (κ2) is 6.81. The first-order chi connectivity index (χ1) is 7.70. The van der Waals surface area contributed by atoms with Crippen LogP contribution in [0.15, 0.2) is 12.2 Å². The highest BCUT2D eigenvalue weighted by molar-refractivity contribution is 5.56. The first-order valence-corrected chi connectivity index (χ1v) is 6.17. The summed E-state index contributed by atoms with van der Waals surface area (Å²) in [4.78, 5) is 10.8. The Bertz CT molecular complexity index is 237. The molecule has 3 nitrogen and oxygen atoms in total. The second-order valence-corrected chi connectivity index (χ2v) is 4.60. The molecule has 0 aromatic carbocycles. The van der Waals surface area contributed by atoms with Crippen LogP contribution in [0.3, 0.4) is 0 Å². The molecule has 0 aromatic heterocycles. The first-order valence-electron chi connectivity index (χ1n) is 6.17. The third-order valence-electron chi connectivity index (χ3n) is 3.37. The van der Waals surface area contributed by atoms with E-state index in [1.807, 2.05) is 6.08 Å². The SMILES string of the molecule is CCCC/C=C\CC1C(O)CC(O)C1C=O. The summed E-state index contributed by atoms with van der Waals surface area (Å²) in [5.41, 5.74) is 0. The molecule has 0 bridgehead atoms. The van der Waals surface area contributed by atoms with E-state index in [2.05, 4.69) is 13.0 Å². The van der Waals surface area contributed by atoms with Gasteiger partial charge in [-0.2, -0.15) is 0 Å². The van der Waals surface area contributed by atoms with E-state index in [1.54, 1.807) is 0 Å². The van der Waals surface area contributed by atoms with E-state index >= 15 is 0 Å². The zero-order chi connectivity index (χ0) is 12.0. The summed E-state index contributed by atoms with van der Waals surface area (Å²) in [6.45, 7) is 2.15. The largest absolute Gasteiger partial charge is 0.393 e. The van der Waals surface area contributed by atoms with E-state index in [9.17, 15) is 15.0 Å². The number of aldehydes is 1. The fraction of sp³-hybridized carbons (Fsp3) is 0.769. The van der Waals surface area contributed by atoms with Crippen LogP contribution in [0, 0.1) is 11.8 Å². The minimum Gasteiger partial charge on any atom is -0.393 e. The van der Waals surface area contributed by atoms with Gasteiger partial charge in [0.05, 0.1) is 12.2 Å². The minimum atomic E-state index is -0.665. The minimum absolute atomic E-state index is 0.106. The summed E-state index contributed by atoms with van der Waals surface area (Å²) in [5, 5.41) is 19.3. The molecule has 16 heavy (non-hydrogen) atoms. The topological polar surface area (TPSA) is 57.5 Å². The smallest absolute Gasteiger partial charge is 0.126 e. The molecule has 1 fully saturated rings. The number of carbonyl (C=O) groups excluding carboxylic acids is 1. The van der Waals surface area contributed by atoms with E-state index in [0.29, 0.717) is 12.8 Å². The summed E-state index contributed by atoms with van der Waals surface area (Å²) >= 11 is 0. The molecule has 0 saturated heterocycles. The van der Waals surface area contributed by atoms with Crippen molar-refractivity contribution in [1.82, 2.24) is 0 Å². The number of aliphatic hydroxyl groups excluding tert-OH is 2. The van der Waals surface area contributed by atoms with Gasteiger partial charge in [0.2, 0.25) is 0 Å². The third-order valence-corrected chi connectivity index (χ3v) is 3.37. The van der Waals surface area contributed by atoms with Crippen molar-refractivity contribution in [3.8, 4) is 0 Å². The van der Waals surface area contributed by atoms with Crippen LogP contribution >= 0.6 is 0 Å². The molecule has 0 heterocycles. The maximum absolute atomic E-state index is 10.8. The van der Waals surface area contributed by atoms with E-state index in [1.165, 1.54) is 12.8 Å². The van der Waals surface area contributed by atoms with Gasteiger partial charge in [-0.05, 0) is 12.8 Å². The van der Waals surface area contributed by atoms with Crippen molar-refractivity contribution < 1.29 is 15.0 Å². The van der Waals surface area contributed by atoms with Crippen molar-refractivity contribution in [2.75, 3.05) is 0 Å². The number of aliphatic hydroxyl groups is 2. The molecular formula is C13H22O3. The fourth-order valence-electron chi connectivity index (χ4n) is 2.32. The maximum Gasteiger partial charge on any atom is 0.126 e. The molecule has 0 aliphatic heterocycles. The second-order valence-electron chi connectivity index (χ2n) is 4.60. The van der Waals surface area contributed by atoms with E-state index < -0.39 is 18.1 Å². The Hall–Kier alpha value is -0.670. The van der Waals surface area contributed by atoms with Gasteiger partial charge in [-0.25, -0.2) is 0 Å². The van der Waals surface area contributed by atoms with Gasteiger partial charge in [0.25, 0.3) is 0 Å². The summed E-state index contributed by atoms with van der Waals surface area (Å²) in [7, 11) is 0. The van der Waals surface area contributed by atoms with Crippen LogP contribution < -0.4 is 0 Å². The molecule has 4 unspecified atom stereocenters. The number of unbranched alkanes of at least 4 members (excludes halogenated alkanes) is 2. The quantitative estimate of drug-likeness (QED) is 0.411. The molecule has 1 aliphatic rings. The average molecular weight is 226 g/mol. The molecular weight excluding hydrogens is 204 g/mol. The van der Waals surface area contributed by atoms with Crippen LogP contribution in [0.2, 0.25) is 0 Å². The van der Waals surface area contributed by atoms with Crippen LogP contribution in [0.5, 0.6) is 0 Å². The van der Waals surface area contributed by atoms with Gasteiger partial charge in [0.1, 0.15) is 6.29 Å². The highest BCUT2D eigenvalue weighted by Crippen LogP contribution is 2.33. The van der Waals surface area contributed by atoms with Crippen LogP contribution in [0.4, 0.5) is 0 Å². The van der Waals surface area contributed by atoms with Crippen molar-refractivity contribution >= 4 is 6.29 Å². The van der Waals surface area contributed by atoms with Crippen molar-refractivity contribution in [2.24, 2.45) is 11.8 Å². The Morgan fingerprint density at radius 1 is 1.25 bits per heavy atom. The molecule has 1 rings (SSSR count). The van der Waals surface area contributed by atoms with Crippen molar-refractivity contribution in [3.63, 3.8) is 0 Å². The summed E-state index contributed by atoms with van der Waals surface area (Å²) in [5.74, 6) is -0.504. The lowest BCUT2D eigenvalue weighted by molar-refractivity contribution is -0.114. The molecule has 92 valence electrons. The number of rotatable bonds is 6. The monoisotopic (exact) mass is 226 g/mol. The molecule has 1 aliphatic carbocycles. The Balaban J connectivity index is 2.39. The highest BCUT2D eigenvalue weighted by atomic mass is 16.3. The molecule has 3 heteroatoms. The Morgan fingerprint density at radius 2 is 2.00 bits per heavy atom. The lowest BCUT2D eigenvalue weighted by Gasteiger charge is -2.16. The molecule has 4 atom stereocenters. The van der Waals surface area contributed by atoms with E-state index in [-0.39, 0.29) is 5.92 Å². The number of hydrogen-bond donors (Lipinski definition) is 2. The standard InChI is InChI=1S/C13H22O3/c1-2-3-4-5-6-7-10-11(9-14)13(16)8-12(10)15/h5-6,9-13,15-16H,2-4,7-8H2,1H3/b6-5-. The van der Waals surface area contributed by atoms with Gasteiger partial charge in [-0.1, -0.05) is 31.9 Å². The molecule has 0 spiro atoms. The Morgan fingerprint density at radius 3 is 2.62 bits per heavy atom. The number of carbonyl (C=O) groups is 1. The number of allylic oxidation sites excluding steroid dienone is 2. The third kappa shape index (κ3) is 3.42. The average Bonchev–Trinajstić information content (AvgIpc) is 2.53. The van der Waals surface area contributed by atoms with Gasteiger partial charge in [-0.3, -0.25) is 0 Å². The van der Waals surface area contributed by atoms with Gasteiger partial charge in [0, 0.05) is 18.3 Å². The summed E-state index contributed by atoms with van der Waals surface area (Å²) < 4.78 is 0. The lowest BCUT2D eigenvalue weighted by Crippen LogP contribution is -2.22. The maximum atomic E-state index is 10.8. The predicted octanol–water partition coefficient (Wildman–Crippen LogP) is 1.68. The summed E-state index contributed by atoms with van der Waals surface area (Å²) in [6, 6.07) is 0. The zero-order valence-electron chi connectivity index (χ0n) is 9.88. The molecule has 2 N–H and O–H groups in total. The molecule has 0 amide bonds. The normalized spacial score (nSPS) is 34.7. The van der Waals surface area contributed by atoms with E-state index in [4.69, 9.17) is 0 Å². The Kier molecular flexibility index (Phi) is 5.71. The first kappa shape index (κ1) is 13.4. The van der Waals surface area contributed by atoms with Crippen molar-refractivity contribution in [3.05, 3.63) is 12.2 Å². The van der Waals surface area contributed by atoms with Gasteiger partial charge in [-0.15, -0.1) is 0 Å². The van der Waals surface area contributed by atoms with Crippen molar-refractivity contribution in [2.45, 2.75) is 51.2 Å². The Labute approximate surface area is 97.2 Å². The van der Waals surface area contributed by atoms with Gasteiger partial charge >= 0.3 is 0 Å². The summed E-state index contributed by atoms with van der Waals surface area (Å²) in [6.07, 6.45) is 8.11. The highest BCUT2D eigenvalue weighted by Gasteiger charge is 2.40. The van der Waals surface area contributed by atoms with Crippen LogP contribution in [-0.2, 0) is 4.79 Å². The van der Waals surface area contributed by atoms with Crippen LogP contribution in [0.25, 0.3) is 0 Å². The lowest BCUT2D eigenvalue weighted by atomic mass is 9.91. The molecule has 1 saturated carbocycles. The zero-order valence-corrected chi connectivity index (χ0v) is 9.88. The van der Waals surface area contributed by atoms with Gasteiger partial charge < -0.3 is 15.0 Å². The fourth-order valence-corrected chi connectivity index (χ4v) is 2.32. The van der Waals surface area contributed by atoms with Crippen LogP contribution in [-0.4, -0.2) is 28.7 Å². The molecule has 0 aromatic rings. The molecule has 0 radical (unpaired) electrons. The predicted molar refractivity (Wildman–Crippen MR) is 63.0 cm³/mol. The number of hydrogen-bond acceptors (Lipinski definition) is 3. The van der Waals surface area contributed by atoms with Gasteiger partial charge in [0.15, 0.2) is 0 Å². The van der Waals surface area contributed by atoms with Crippen LogP contribution in [0.1, 0.15) is 39.0 Å². The van der Waals surface area contributed by atoms with E-state index in [0.717, 1.165) is 12.7 Å². The van der Waals surface area contributed by atoms with Crippen molar-refractivity contribution in [1.29, 1.82) is 0 Å².